The number of nitrogens with zero attached hydrogens (tertiary/aromatic N) is 1. The summed E-state index contributed by atoms with van der Waals surface area (Å²) in [4.78, 5) is 3.37. The highest BCUT2D eigenvalue weighted by Crippen LogP contribution is 2.52. The largest absolute Gasteiger partial charge is 0.436 e. The molecule has 2 aromatic rings. The number of hydrogen-bond donors (Lipinski definition) is 0. The van der Waals surface area contributed by atoms with Gasteiger partial charge in [0, 0.05) is 0 Å². The first-order chi connectivity index (χ1) is 10.2. The van der Waals surface area contributed by atoms with Crippen molar-refractivity contribution in [1.82, 2.24) is 0 Å². The Balaban J connectivity index is 2.26. The molecule has 0 saturated carbocycles. The molecule has 0 fully saturated rings. The summed E-state index contributed by atoms with van der Waals surface area (Å²) >= 11 is 0. The van der Waals surface area contributed by atoms with Crippen LogP contribution in [0.1, 0.15) is 12.5 Å². The predicted octanol–water partition coefficient (Wildman–Crippen LogP) is 5.05. The molecule has 108 valence electrons. The van der Waals surface area contributed by atoms with E-state index in [0.29, 0.717) is 11.4 Å². The third-order valence-corrected chi connectivity index (χ3v) is 4.65. The topological polar surface area (TPSA) is 39.9 Å². The highest BCUT2D eigenvalue weighted by molar-refractivity contribution is 7.53. The molecule has 0 amide bonds. The summed E-state index contributed by atoms with van der Waals surface area (Å²) in [5.41, 5.74) is 1.19. The van der Waals surface area contributed by atoms with Gasteiger partial charge in [0.05, 0.1) is 19.3 Å². The van der Waals surface area contributed by atoms with Gasteiger partial charge >= 0.3 is 7.60 Å². The Morgan fingerprint density at radius 1 is 1.10 bits per heavy atom. The maximum Gasteiger partial charge on any atom is 0.382 e. The lowest BCUT2D eigenvalue weighted by atomic mass is 10.2. The maximum atomic E-state index is 12.9. The van der Waals surface area contributed by atoms with Crippen molar-refractivity contribution in [1.29, 1.82) is 0 Å². The Kier molecular flexibility index (Phi) is 5.16. The maximum absolute atomic E-state index is 12.9. The van der Waals surface area contributed by atoms with E-state index in [1.165, 1.54) is 0 Å². The van der Waals surface area contributed by atoms with Crippen molar-refractivity contribution in [2.45, 2.75) is 13.1 Å². The lowest BCUT2D eigenvalue weighted by Crippen LogP contribution is -2.01. The number of hydrogen-bond acceptors (Lipinski definition) is 3. The highest BCUT2D eigenvalue weighted by atomic mass is 31.2. The van der Waals surface area contributed by atoms with Crippen LogP contribution in [-0.2, 0) is 15.3 Å². The van der Waals surface area contributed by atoms with Crippen molar-refractivity contribution in [3.8, 4) is 5.75 Å². The van der Waals surface area contributed by atoms with Gasteiger partial charge in [-0.15, -0.1) is 0 Å². The molecule has 0 radical (unpaired) electrons. The van der Waals surface area contributed by atoms with E-state index < -0.39 is 7.60 Å². The van der Waals surface area contributed by atoms with Gasteiger partial charge in [-0.1, -0.05) is 48.5 Å². The number of benzene rings is 2. The number of rotatable bonds is 6. The highest BCUT2D eigenvalue weighted by Gasteiger charge is 2.27. The molecule has 0 aromatic heterocycles. The quantitative estimate of drug-likeness (QED) is 0.554. The van der Waals surface area contributed by atoms with Gasteiger partial charge in [0.25, 0.3) is 0 Å². The van der Waals surface area contributed by atoms with E-state index in [9.17, 15) is 4.57 Å². The molecule has 4 nitrogen and oxygen atoms in total. The molecule has 5 heteroatoms. The van der Waals surface area contributed by atoms with Crippen molar-refractivity contribution in [3.63, 3.8) is 0 Å². The molecule has 0 N–H and O–H groups in total. The lowest BCUT2D eigenvalue weighted by Gasteiger charge is -2.19. The van der Waals surface area contributed by atoms with Crippen LogP contribution in [0.4, 0.5) is 5.69 Å². The Bertz CT molecular complexity index is 679. The van der Waals surface area contributed by atoms with Gasteiger partial charge in [-0.3, -0.25) is 4.52 Å². The fraction of sp³-hybridized carbons (Fsp3) is 0.188. The Labute approximate surface area is 124 Å². The predicted molar refractivity (Wildman–Crippen MR) is 82.7 cm³/mol. The van der Waals surface area contributed by atoms with Crippen molar-refractivity contribution >= 4 is 13.3 Å². The minimum atomic E-state index is -3.35. The first kappa shape index (κ1) is 15.3. The zero-order valence-corrected chi connectivity index (χ0v) is 12.6. The average Bonchev–Trinajstić information content (AvgIpc) is 2.48. The third kappa shape index (κ3) is 4.19. The molecular weight excluding hydrogens is 285 g/mol. The monoisotopic (exact) mass is 301 g/mol. The van der Waals surface area contributed by atoms with E-state index in [1.807, 2.05) is 30.3 Å². The van der Waals surface area contributed by atoms with E-state index in [2.05, 4.69) is 4.85 Å². The molecular formula is C16H16NO3P. The van der Waals surface area contributed by atoms with Crippen LogP contribution in [0.3, 0.4) is 0 Å². The molecule has 1 unspecified atom stereocenters. The van der Waals surface area contributed by atoms with Gasteiger partial charge in [-0.05, 0) is 18.6 Å². The summed E-state index contributed by atoms with van der Waals surface area (Å²) in [7, 11) is -3.35. The summed E-state index contributed by atoms with van der Waals surface area (Å²) < 4.78 is 23.8. The zero-order chi connectivity index (χ0) is 15.1. The molecule has 0 aliphatic carbocycles. The lowest BCUT2D eigenvalue weighted by molar-refractivity contribution is 0.278. The van der Waals surface area contributed by atoms with Gasteiger partial charge in [0.15, 0.2) is 0 Å². The zero-order valence-electron chi connectivity index (χ0n) is 11.7. The molecule has 0 bridgehead atoms. The smallest absolute Gasteiger partial charge is 0.382 e. The molecule has 0 spiro atoms. The van der Waals surface area contributed by atoms with Crippen LogP contribution in [0.15, 0.2) is 54.6 Å². The summed E-state index contributed by atoms with van der Waals surface area (Å²) in [6, 6.07) is 16.1. The van der Waals surface area contributed by atoms with Crippen LogP contribution in [0.5, 0.6) is 5.75 Å². The van der Waals surface area contributed by atoms with Crippen LogP contribution in [-0.4, -0.2) is 6.61 Å². The van der Waals surface area contributed by atoms with Crippen molar-refractivity contribution < 1.29 is 13.6 Å². The third-order valence-electron chi connectivity index (χ3n) is 2.77. The first-order valence-corrected chi connectivity index (χ1v) is 8.33. The minimum Gasteiger partial charge on any atom is -0.436 e. The van der Waals surface area contributed by atoms with Crippen LogP contribution in [0.25, 0.3) is 4.85 Å². The molecule has 2 aromatic carbocycles. The van der Waals surface area contributed by atoms with E-state index >= 15 is 0 Å². The van der Waals surface area contributed by atoms with Crippen molar-refractivity contribution in [2.24, 2.45) is 0 Å². The van der Waals surface area contributed by atoms with Gasteiger partial charge in [0.2, 0.25) is 5.69 Å². The Morgan fingerprint density at radius 3 is 2.43 bits per heavy atom. The molecule has 0 heterocycles. The SMILES string of the molecule is [C-]#[N+]c1ccccc1OP(=O)(Cc1ccccc1)OCC. The second-order valence-corrected chi connectivity index (χ2v) is 6.32. The molecule has 0 aliphatic rings. The van der Waals surface area contributed by atoms with Crippen LogP contribution >= 0.6 is 7.60 Å². The van der Waals surface area contributed by atoms with Gasteiger partial charge in [0.1, 0.15) is 5.75 Å². The van der Waals surface area contributed by atoms with Crippen LogP contribution in [0.2, 0.25) is 0 Å². The fourth-order valence-electron chi connectivity index (χ4n) is 1.88. The fourth-order valence-corrected chi connectivity index (χ4v) is 3.60. The second-order valence-electron chi connectivity index (χ2n) is 4.34. The van der Waals surface area contributed by atoms with E-state index in [1.54, 1.807) is 31.2 Å². The normalized spacial score (nSPS) is 13.1. The van der Waals surface area contributed by atoms with Crippen molar-refractivity contribution in [2.75, 3.05) is 6.61 Å². The Morgan fingerprint density at radius 2 is 1.76 bits per heavy atom. The molecule has 21 heavy (non-hydrogen) atoms. The van der Waals surface area contributed by atoms with Gasteiger partial charge in [-0.2, -0.15) is 0 Å². The van der Waals surface area contributed by atoms with E-state index in [4.69, 9.17) is 15.6 Å². The van der Waals surface area contributed by atoms with Crippen molar-refractivity contribution in [3.05, 3.63) is 71.6 Å². The van der Waals surface area contributed by atoms with Crippen LogP contribution in [0, 0.1) is 6.57 Å². The standard InChI is InChI=1S/C16H16NO3P/c1-3-19-21(18,13-14-9-5-4-6-10-14)20-16-12-8-7-11-15(16)17-2/h4-12H,3,13H2,1H3. The first-order valence-electron chi connectivity index (χ1n) is 6.60. The number of para-hydroxylation sites is 2. The summed E-state index contributed by atoms with van der Waals surface area (Å²) in [5.74, 6) is 0.292. The van der Waals surface area contributed by atoms with E-state index in [0.717, 1.165) is 5.56 Å². The molecule has 0 saturated heterocycles. The van der Waals surface area contributed by atoms with Crippen LogP contribution < -0.4 is 4.52 Å². The molecule has 1 atom stereocenters. The second kappa shape index (κ2) is 7.08. The van der Waals surface area contributed by atoms with Gasteiger partial charge < -0.3 is 4.52 Å². The summed E-state index contributed by atoms with van der Waals surface area (Å²) in [5, 5.41) is 0. The Hall–Kier alpha value is -2.08. The van der Waals surface area contributed by atoms with E-state index in [-0.39, 0.29) is 12.8 Å². The minimum absolute atomic E-state index is 0.175. The molecule has 0 aliphatic heterocycles. The summed E-state index contributed by atoms with van der Waals surface area (Å²) in [6.07, 6.45) is 0.175. The van der Waals surface area contributed by atoms with Gasteiger partial charge in [-0.25, -0.2) is 9.41 Å². The molecule has 2 rings (SSSR count). The average molecular weight is 301 g/mol. The summed E-state index contributed by atoms with van der Waals surface area (Å²) in [6.45, 7) is 9.18.